The highest BCUT2D eigenvalue weighted by Crippen LogP contribution is 2.26. The van der Waals surface area contributed by atoms with Crippen molar-refractivity contribution in [1.29, 1.82) is 0 Å². The van der Waals surface area contributed by atoms with Crippen molar-refractivity contribution in [3.8, 4) is 5.75 Å². The Morgan fingerprint density at radius 2 is 1.86 bits per heavy atom. The molecule has 0 amide bonds. The normalized spacial score (nSPS) is 10.6. The smallest absolute Gasteiger partial charge is 0.234 e. The molecule has 14 heavy (non-hydrogen) atoms. The molecule has 0 saturated heterocycles. The van der Waals surface area contributed by atoms with E-state index in [1.807, 2.05) is 13.8 Å². The van der Waals surface area contributed by atoms with Crippen LogP contribution in [-0.4, -0.2) is 5.11 Å². The maximum Gasteiger partial charge on any atom is 0.234 e. The lowest BCUT2D eigenvalue weighted by Gasteiger charge is -2.03. The van der Waals surface area contributed by atoms with Crippen LogP contribution in [0, 0.1) is 0 Å². The Hall–Kier alpha value is -0.350. The van der Waals surface area contributed by atoms with Crippen molar-refractivity contribution >= 4 is 31.9 Å². The zero-order chi connectivity index (χ0) is 10.9. The topological polar surface area (TPSA) is 37.3 Å². The minimum absolute atomic E-state index is 0.110. The Balaban J connectivity index is 3.64. The second-order valence-corrected chi connectivity index (χ2v) is 5.08. The summed E-state index contributed by atoms with van der Waals surface area (Å²) in [5, 5.41) is 9.67. The SMILES string of the molecule is CC(C)c1cc(Br)cc(Br)c(=O)c1O. The summed E-state index contributed by atoms with van der Waals surface area (Å²) in [6.07, 6.45) is 0. The van der Waals surface area contributed by atoms with Crippen LogP contribution in [0.15, 0.2) is 25.9 Å². The molecule has 0 aliphatic rings. The van der Waals surface area contributed by atoms with E-state index in [1.165, 1.54) is 0 Å². The van der Waals surface area contributed by atoms with Gasteiger partial charge in [-0.3, -0.25) is 4.79 Å². The maximum atomic E-state index is 11.5. The largest absolute Gasteiger partial charge is 0.504 e. The molecule has 1 aromatic rings. The van der Waals surface area contributed by atoms with Gasteiger partial charge in [0.15, 0.2) is 5.75 Å². The molecule has 0 aromatic heterocycles. The van der Waals surface area contributed by atoms with Gasteiger partial charge in [-0.2, -0.15) is 0 Å². The summed E-state index contributed by atoms with van der Waals surface area (Å²) in [5.74, 6) is -0.0733. The zero-order valence-electron chi connectivity index (χ0n) is 7.84. The molecule has 0 radical (unpaired) electrons. The van der Waals surface area contributed by atoms with E-state index in [0.717, 1.165) is 4.47 Å². The molecule has 1 aromatic carbocycles. The number of hydrogen-bond acceptors (Lipinski definition) is 2. The summed E-state index contributed by atoms with van der Waals surface area (Å²) in [6.45, 7) is 3.85. The fourth-order valence-electron chi connectivity index (χ4n) is 1.13. The lowest BCUT2D eigenvalue weighted by molar-refractivity contribution is 0.460. The fourth-order valence-corrected chi connectivity index (χ4v) is 2.35. The van der Waals surface area contributed by atoms with Crippen LogP contribution in [0.2, 0.25) is 0 Å². The van der Waals surface area contributed by atoms with Crippen LogP contribution in [0.3, 0.4) is 0 Å². The first kappa shape index (κ1) is 11.7. The molecule has 76 valence electrons. The molecular formula is C10H10Br2O2. The third-order valence-corrected chi connectivity index (χ3v) is 2.93. The number of halogens is 2. The molecule has 0 fully saturated rings. The van der Waals surface area contributed by atoms with Gasteiger partial charge >= 0.3 is 0 Å². The number of hydrogen-bond donors (Lipinski definition) is 1. The Labute approximate surface area is 99.2 Å². The number of rotatable bonds is 1. The molecule has 0 bridgehead atoms. The Morgan fingerprint density at radius 1 is 1.29 bits per heavy atom. The van der Waals surface area contributed by atoms with E-state index in [2.05, 4.69) is 31.9 Å². The van der Waals surface area contributed by atoms with Gasteiger partial charge in [-0.05, 0) is 34.0 Å². The summed E-state index contributed by atoms with van der Waals surface area (Å²) in [7, 11) is 0. The quantitative estimate of drug-likeness (QED) is 0.860. The van der Waals surface area contributed by atoms with Crippen molar-refractivity contribution in [2.45, 2.75) is 19.8 Å². The third-order valence-electron chi connectivity index (χ3n) is 1.89. The zero-order valence-corrected chi connectivity index (χ0v) is 11.0. The summed E-state index contributed by atoms with van der Waals surface area (Å²) in [6, 6.07) is 3.39. The van der Waals surface area contributed by atoms with Crippen molar-refractivity contribution in [1.82, 2.24) is 0 Å². The molecule has 0 spiro atoms. The monoisotopic (exact) mass is 320 g/mol. The average molecular weight is 322 g/mol. The van der Waals surface area contributed by atoms with Crippen LogP contribution in [0.1, 0.15) is 25.3 Å². The summed E-state index contributed by atoms with van der Waals surface area (Å²) in [5.41, 5.74) is 0.270. The molecule has 0 saturated carbocycles. The molecular weight excluding hydrogens is 312 g/mol. The van der Waals surface area contributed by atoms with Gasteiger partial charge in [0, 0.05) is 10.0 Å². The van der Waals surface area contributed by atoms with Crippen molar-refractivity contribution in [2.24, 2.45) is 0 Å². The van der Waals surface area contributed by atoms with Gasteiger partial charge in [0.1, 0.15) is 0 Å². The summed E-state index contributed by atoms with van der Waals surface area (Å²) in [4.78, 5) is 11.5. The fraction of sp³-hybridized carbons (Fsp3) is 0.300. The highest BCUT2D eigenvalue weighted by atomic mass is 79.9. The van der Waals surface area contributed by atoms with Gasteiger partial charge < -0.3 is 5.11 Å². The standard InChI is InChI=1S/C10H10Br2O2/c1-5(2)7-3-6(11)4-8(12)10(14)9(7)13/h3-5H,1-2H3,(H,13,14). The van der Waals surface area contributed by atoms with Crippen molar-refractivity contribution < 1.29 is 5.11 Å². The van der Waals surface area contributed by atoms with Crippen LogP contribution in [0.4, 0.5) is 0 Å². The van der Waals surface area contributed by atoms with Gasteiger partial charge in [0.2, 0.25) is 5.43 Å². The Morgan fingerprint density at radius 3 is 2.36 bits per heavy atom. The van der Waals surface area contributed by atoms with E-state index in [0.29, 0.717) is 10.0 Å². The van der Waals surface area contributed by atoms with Gasteiger partial charge in [0.25, 0.3) is 0 Å². The second kappa shape index (κ2) is 4.45. The summed E-state index contributed by atoms with van der Waals surface area (Å²) < 4.78 is 1.12. The highest BCUT2D eigenvalue weighted by molar-refractivity contribution is 9.11. The Bertz CT molecular complexity index is 414. The van der Waals surface area contributed by atoms with E-state index in [-0.39, 0.29) is 17.1 Å². The molecule has 0 aliphatic carbocycles. The van der Waals surface area contributed by atoms with Crippen molar-refractivity contribution in [2.75, 3.05) is 0 Å². The van der Waals surface area contributed by atoms with Gasteiger partial charge in [-0.1, -0.05) is 29.8 Å². The first-order valence-electron chi connectivity index (χ1n) is 4.15. The van der Waals surface area contributed by atoms with Crippen molar-refractivity contribution in [3.05, 3.63) is 36.9 Å². The van der Waals surface area contributed by atoms with E-state index < -0.39 is 0 Å². The second-order valence-electron chi connectivity index (χ2n) is 3.31. The first-order valence-corrected chi connectivity index (χ1v) is 5.74. The predicted octanol–water partition coefficient (Wildman–Crippen LogP) is 3.40. The Kier molecular flexibility index (Phi) is 3.72. The molecule has 1 N–H and O–H groups in total. The molecule has 1 rings (SSSR count). The molecule has 4 heteroatoms. The number of aromatic hydroxyl groups is 1. The molecule has 0 unspecified atom stereocenters. The van der Waals surface area contributed by atoms with Gasteiger partial charge in [-0.25, -0.2) is 0 Å². The van der Waals surface area contributed by atoms with Crippen LogP contribution >= 0.6 is 31.9 Å². The molecule has 0 heterocycles. The predicted molar refractivity (Wildman–Crippen MR) is 63.9 cm³/mol. The van der Waals surface area contributed by atoms with Crippen LogP contribution in [-0.2, 0) is 0 Å². The van der Waals surface area contributed by atoms with E-state index in [9.17, 15) is 9.90 Å². The lowest BCUT2D eigenvalue weighted by Crippen LogP contribution is -2.00. The summed E-state index contributed by atoms with van der Waals surface area (Å²) >= 11 is 6.41. The van der Waals surface area contributed by atoms with E-state index in [4.69, 9.17) is 0 Å². The highest BCUT2D eigenvalue weighted by Gasteiger charge is 2.10. The molecule has 2 nitrogen and oxygen atoms in total. The van der Waals surface area contributed by atoms with Crippen LogP contribution in [0.5, 0.6) is 5.75 Å². The first-order chi connectivity index (χ1) is 6.43. The lowest BCUT2D eigenvalue weighted by atomic mass is 10.0. The average Bonchev–Trinajstić information content (AvgIpc) is 2.18. The van der Waals surface area contributed by atoms with Crippen LogP contribution < -0.4 is 5.43 Å². The maximum absolute atomic E-state index is 11.5. The van der Waals surface area contributed by atoms with Crippen LogP contribution in [0.25, 0.3) is 0 Å². The van der Waals surface area contributed by atoms with Crippen molar-refractivity contribution in [3.63, 3.8) is 0 Å². The minimum Gasteiger partial charge on any atom is -0.504 e. The minimum atomic E-state index is -0.376. The van der Waals surface area contributed by atoms with E-state index in [1.54, 1.807) is 12.1 Å². The van der Waals surface area contributed by atoms with Gasteiger partial charge in [-0.15, -0.1) is 0 Å². The molecule has 0 atom stereocenters. The van der Waals surface area contributed by atoms with E-state index >= 15 is 0 Å². The molecule has 0 aliphatic heterocycles. The van der Waals surface area contributed by atoms with Gasteiger partial charge in [0.05, 0.1) is 4.47 Å². The third kappa shape index (κ3) is 2.36.